The van der Waals surface area contributed by atoms with Gasteiger partial charge in [-0.15, -0.1) is 11.6 Å². The van der Waals surface area contributed by atoms with Crippen LogP contribution in [-0.4, -0.2) is 34.4 Å². The number of benzene rings is 2. The van der Waals surface area contributed by atoms with Crippen LogP contribution >= 0.6 is 23.2 Å². The second-order valence-corrected chi connectivity index (χ2v) is 6.71. The van der Waals surface area contributed by atoms with Crippen LogP contribution in [0.15, 0.2) is 48.5 Å². The fourth-order valence-corrected chi connectivity index (χ4v) is 1.66. The average Bonchev–Trinajstić information content (AvgIpc) is 2.56. The van der Waals surface area contributed by atoms with Gasteiger partial charge < -0.3 is 26.9 Å². The van der Waals surface area contributed by atoms with Crippen LogP contribution < -0.4 is 17.0 Å². The Balaban J connectivity index is -0.000000326. The molecule has 140 valence electrons. The Hall–Kier alpha value is -0.104. The van der Waals surface area contributed by atoms with Gasteiger partial charge in [-0.3, -0.25) is 0 Å². The van der Waals surface area contributed by atoms with E-state index in [2.05, 4.69) is 6.07 Å². The Kier molecular flexibility index (Phi) is 21.5. The van der Waals surface area contributed by atoms with Crippen LogP contribution in [-0.2, 0) is 4.79 Å². The number of hydrogen-bond donors (Lipinski definition) is 1. The monoisotopic (exact) mass is 470 g/mol. The fraction of sp³-hybridized carbons (Fsp3) is 0.350. The normalized spacial score (nSPS) is 10.2. The number of carbonyl (C=O) groups is 1. The van der Waals surface area contributed by atoms with Crippen molar-refractivity contribution < 1.29 is 26.9 Å². The molecule has 0 aromatic heterocycles. The van der Waals surface area contributed by atoms with Gasteiger partial charge in [-0.1, -0.05) is 56.5 Å². The molecule has 0 bridgehead atoms. The molecule has 2 rings (SSSR count). The molecule has 0 spiro atoms. The number of rotatable bonds is 3. The van der Waals surface area contributed by atoms with Crippen molar-refractivity contribution in [2.75, 3.05) is 0 Å². The summed E-state index contributed by atoms with van der Waals surface area (Å²) in [7, 11) is 0. The fourth-order valence-electron chi connectivity index (χ4n) is 1.41. The SMILES string of the molecule is CC(C)C(O)c1ccc(Cl)cc1.CC(C)C=O.Clc1cc[c-]cc1.[Br-].[Mg+2]. The first-order valence-corrected chi connectivity index (χ1v) is 8.54. The zero-order chi connectivity index (χ0) is 18.5. The van der Waals surface area contributed by atoms with Gasteiger partial charge in [-0.25, -0.2) is 0 Å². The van der Waals surface area contributed by atoms with Gasteiger partial charge in [0.1, 0.15) is 6.29 Å². The third kappa shape index (κ3) is 16.1. The summed E-state index contributed by atoms with van der Waals surface area (Å²) in [5, 5.41) is 11.1. The van der Waals surface area contributed by atoms with Crippen molar-refractivity contribution in [3.63, 3.8) is 0 Å². The van der Waals surface area contributed by atoms with E-state index in [4.69, 9.17) is 23.2 Å². The predicted octanol–water partition coefficient (Wildman–Crippen LogP) is 2.63. The minimum absolute atomic E-state index is 0. The standard InChI is InChI=1S/C10H13ClO.C6H4Cl.C4H8O.BrH.Mg/c1-7(2)10(12)8-3-5-9(11)6-4-8;7-6-4-2-1-3-5-6;1-4(2)3-5;;/h3-7,10,12H,1-2H3;2-5H;3-4H,1-2H3;1H;/q;-1;;;+2/p-1. The third-order valence-corrected chi connectivity index (χ3v) is 3.30. The van der Waals surface area contributed by atoms with Gasteiger partial charge in [0.2, 0.25) is 0 Å². The molecule has 26 heavy (non-hydrogen) atoms. The molecule has 0 aliphatic heterocycles. The number of hydrogen-bond acceptors (Lipinski definition) is 2. The van der Waals surface area contributed by atoms with Crippen molar-refractivity contribution in [1.29, 1.82) is 0 Å². The summed E-state index contributed by atoms with van der Waals surface area (Å²) < 4.78 is 0. The number of aldehydes is 1. The molecule has 2 aromatic carbocycles. The molecule has 2 nitrogen and oxygen atoms in total. The summed E-state index contributed by atoms with van der Waals surface area (Å²) >= 11 is 11.2. The maximum Gasteiger partial charge on any atom is 2.00 e. The smallest absolute Gasteiger partial charge is 1.00 e. The van der Waals surface area contributed by atoms with E-state index in [1.165, 1.54) is 0 Å². The van der Waals surface area contributed by atoms with E-state index in [1.54, 1.807) is 36.4 Å². The average molecular weight is 473 g/mol. The van der Waals surface area contributed by atoms with Crippen molar-refractivity contribution in [3.8, 4) is 0 Å². The van der Waals surface area contributed by atoms with E-state index in [1.807, 2.05) is 39.8 Å². The van der Waals surface area contributed by atoms with Gasteiger partial charge in [0.25, 0.3) is 0 Å². The summed E-state index contributed by atoms with van der Waals surface area (Å²) in [6.07, 6.45) is 0.530. The summed E-state index contributed by atoms with van der Waals surface area (Å²) in [5.74, 6) is 0.446. The molecule has 0 radical (unpaired) electrons. The Morgan fingerprint density at radius 2 is 1.31 bits per heavy atom. The van der Waals surface area contributed by atoms with E-state index >= 15 is 0 Å². The van der Waals surface area contributed by atoms with Crippen molar-refractivity contribution in [2.24, 2.45) is 11.8 Å². The zero-order valence-electron chi connectivity index (χ0n) is 15.6. The molecule has 0 aliphatic rings. The minimum Gasteiger partial charge on any atom is -1.00 e. The molecule has 0 fully saturated rings. The summed E-state index contributed by atoms with van der Waals surface area (Å²) in [6.45, 7) is 7.68. The molecule has 1 atom stereocenters. The second-order valence-electron chi connectivity index (χ2n) is 5.84. The van der Waals surface area contributed by atoms with Gasteiger partial charge in [-0.05, 0) is 23.6 Å². The van der Waals surface area contributed by atoms with Crippen LogP contribution in [0.1, 0.15) is 39.4 Å². The maximum atomic E-state index is 9.65. The Bertz CT molecular complexity index is 564. The van der Waals surface area contributed by atoms with Gasteiger partial charge in [0, 0.05) is 10.9 Å². The molecule has 1 N–H and O–H groups in total. The Labute approximate surface area is 194 Å². The van der Waals surface area contributed by atoms with Gasteiger partial charge in [0.05, 0.1) is 6.10 Å². The molecule has 1 unspecified atom stereocenters. The topological polar surface area (TPSA) is 37.3 Å². The number of aliphatic hydroxyl groups is 1. The van der Waals surface area contributed by atoms with Crippen LogP contribution in [0.5, 0.6) is 0 Å². The molecule has 0 heterocycles. The van der Waals surface area contributed by atoms with Crippen LogP contribution in [0.4, 0.5) is 0 Å². The summed E-state index contributed by atoms with van der Waals surface area (Å²) in [6, 6.07) is 17.3. The van der Waals surface area contributed by atoms with Crippen molar-refractivity contribution in [2.45, 2.75) is 33.8 Å². The summed E-state index contributed by atoms with van der Waals surface area (Å²) in [4.78, 5) is 9.50. The molecule has 6 heteroatoms. The van der Waals surface area contributed by atoms with Crippen molar-refractivity contribution in [1.82, 2.24) is 0 Å². The second kappa shape index (κ2) is 18.3. The van der Waals surface area contributed by atoms with Crippen LogP contribution in [0.3, 0.4) is 0 Å². The first-order chi connectivity index (χ1) is 11.3. The number of aliphatic hydroxyl groups excluding tert-OH is 1. The van der Waals surface area contributed by atoms with Gasteiger partial charge in [-0.2, -0.15) is 30.3 Å². The first kappa shape index (κ1) is 30.6. The van der Waals surface area contributed by atoms with Gasteiger partial charge >= 0.3 is 23.1 Å². The first-order valence-electron chi connectivity index (χ1n) is 7.78. The molecular weight excluding hydrogens is 447 g/mol. The van der Waals surface area contributed by atoms with Gasteiger partial charge in [0.15, 0.2) is 0 Å². The molecule has 2 aromatic rings. The van der Waals surface area contributed by atoms with Crippen LogP contribution in [0.2, 0.25) is 10.0 Å². The van der Waals surface area contributed by atoms with Crippen molar-refractivity contribution in [3.05, 3.63) is 70.2 Å². The van der Waals surface area contributed by atoms with E-state index in [0.29, 0.717) is 5.02 Å². The van der Waals surface area contributed by atoms with Crippen molar-refractivity contribution >= 4 is 52.5 Å². The zero-order valence-corrected chi connectivity index (χ0v) is 20.1. The molecule has 0 saturated heterocycles. The van der Waals surface area contributed by atoms with E-state index in [9.17, 15) is 9.90 Å². The van der Waals surface area contributed by atoms with Crippen LogP contribution in [0, 0.1) is 17.9 Å². The molecule has 0 amide bonds. The molecule has 0 saturated carbocycles. The van der Waals surface area contributed by atoms with E-state index in [0.717, 1.165) is 16.9 Å². The summed E-state index contributed by atoms with van der Waals surface area (Å²) in [5.41, 5.74) is 0.925. The maximum absolute atomic E-state index is 9.65. The third-order valence-electron chi connectivity index (χ3n) is 2.79. The Morgan fingerprint density at radius 1 is 0.923 bits per heavy atom. The predicted molar refractivity (Wildman–Crippen MR) is 108 cm³/mol. The molecular formula is C20H25BrCl2MgO2. The van der Waals surface area contributed by atoms with E-state index in [-0.39, 0.29) is 58.0 Å². The largest absolute Gasteiger partial charge is 2.00 e. The Morgan fingerprint density at radius 3 is 1.58 bits per heavy atom. The quantitative estimate of drug-likeness (QED) is 0.424. The molecule has 0 aliphatic carbocycles. The van der Waals surface area contributed by atoms with Crippen LogP contribution in [0.25, 0.3) is 0 Å². The minimum atomic E-state index is -0.387. The number of halogens is 3. The number of carbonyl (C=O) groups excluding carboxylic acids is 1. The van der Waals surface area contributed by atoms with E-state index < -0.39 is 0 Å².